The Bertz CT molecular complexity index is 459. The fourth-order valence-corrected chi connectivity index (χ4v) is 1.49. The highest BCUT2D eigenvalue weighted by Crippen LogP contribution is 2.37. The minimum Gasteiger partial charge on any atom is -0.386 e. The van der Waals surface area contributed by atoms with Crippen LogP contribution in [-0.4, -0.2) is 11.7 Å². The van der Waals surface area contributed by atoms with Crippen molar-refractivity contribution in [3.8, 4) is 0 Å². The molecule has 2 N–H and O–H groups in total. The van der Waals surface area contributed by atoms with Crippen LogP contribution < -0.4 is 5.73 Å². The summed E-state index contributed by atoms with van der Waals surface area (Å²) >= 11 is 8.24. The normalized spacial score (nSPS) is 12.9. The van der Waals surface area contributed by atoms with E-state index < -0.39 is 17.6 Å². The molecule has 1 aromatic carbocycles. The molecular weight excluding hydrogens is 327 g/mol. The summed E-state index contributed by atoms with van der Waals surface area (Å²) < 4.78 is 50.4. The molecular formula is C9H6BrClF4N2. The molecule has 0 amide bonds. The summed E-state index contributed by atoms with van der Waals surface area (Å²) in [7, 11) is 0. The Hall–Kier alpha value is -0.820. The summed E-state index contributed by atoms with van der Waals surface area (Å²) in [5, 5.41) is 0. The number of aliphatic imine (C=N–C) groups is 1. The Labute approximate surface area is 108 Å². The third-order valence-corrected chi connectivity index (χ3v) is 2.65. The number of amidine groups is 1. The van der Waals surface area contributed by atoms with E-state index in [1.165, 1.54) is 0 Å². The van der Waals surface area contributed by atoms with Crippen molar-refractivity contribution < 1.29 is 17.6 Å². The topological polar surface area (TPSA) is 38.4 Å². The number of rotatable bonds is 2. The van der Waals surface area contributed by atoms with E-state index in [0.29, 0.717) is 12.1 Å². The molecule has 0 unspecified atom stereocenters. The van der Waals surface area contributed by atoms with Crippen LogP contribution in [0.25, 0.3) is 0 Å². The maximum Gasteiger partial charge on any atom is 0.419 e. The molecule has 2 nitrogen and oxygen atoms in total. The molecule has 1 rings (SSSR count). The first-order chi connectivity index (χ1) is 7.75. The zero-order valence-electron chi connectivity index (χ0n) is 8.15. The molecule has 0 aliphatic heterocycles. The van der Waals surface area contributed by atoms with Crippen LogP contribution in [0, 0.1) is 5.82 Å². The van der Waals surface area contributed by atoms with Crippen molar-refractivity contribution >= 4 is 39.1 Å². The zero-order valence-corrected chi connectivity index (χ0v) is 10.5. The van der Waals surface area contributed by atoms with Crippen LogP contribution in [0.15, 0.2) is 21.6 Å². The lowest BCUT2D eigenvalue weighted by Crippen LogP contribution is -2.13. The maximum atomic E-state index is 13.1. The summed E-state index contributed by atoms with van der Waals surface area (Å²) in [5.41, 5.74) is 3.76. The quantitative estimate of drug-likeness (QED) is 0.380. The predicted molar refractivity (Wildman–Crippen MR) is 61.1 cm³/mol. The van der Waals surface area contributed by atoms with E-state index in [4.69, 9.17) is 17.3 Å². The summed E-state index contributed by atoms with van der Waals surface area (Å²) in [6.07, 6.45) is -4.79. The molecule has 0 aromatic heterocycles. The van der Waals surface area contributed by atoms with Crippen molar-refractivity contribution in [3.63, 3.8) is 0 Å². The van der Waals surface area contributed by atoms with Gasteiger partial charge in [0.15, 0.2) is 0 Å². The zero-order chi connectivity index (χ0) is 13.2. The summed E-state index contributed by atoms with van der Waals surface area (Å²) in [6, 6.07) is 1.25. The van der Waals surface area contributed by atoms with Crippen molar-refractivity contribution in [2.45, 2.75) is 6.18 Å². The number of nitrogens with two attached hydrogens (primary N) is 1. The highest BCUT2D eigenvalue weighted by atomic mass is 79.9. The molecule has 0 radical (unpaired) electrons. The molecule has 1 aromatic rings. The summed E-state index contributed by atoms with van der Waals surface area (Å²) in [4.78, 5) is 3.64. The van der Waals surface area contributed by atoms with Crippen LogP contribution in [0.3, 0.4) is 0 Å². The van der Waals surface area contributed by atoms with E-state index in [2.05, 4.69) is 20.9 Å². The van der Waals surface area contributed by atoms with Crippen LogP contribution in [-0.2, 0) is 6.18 Å². The van der Waals surface area contributed by atoms with E-state index in [1.54, 1.807) is 0 Å². The van der Waals surface area contributed by atoms with E-state index >= 15 is 0 Å². The Morgan fingerprint density at radius 1 is 1.41 bits per heavy atom. The largest absolute Gasteiger partial charge is 0.419 e. The average Bonchev–Trinajstić information content (AvgIpc) is 2.19. The maximum absolute atomic E-state index is 13.1. The highest BCUT2D eigenvalue weighted by molar-refractivity contribution is 9.10. The first kappa shape index (κ1) is 14.2. The molecule has 0 fully saturated rings. The van der Waals surface area contributed by atoms with Gasteiger partial charge < -0.3 is 5.73 Å². The standard InChI is InChI=1S/C9H6BrClF4N2/c10-5-2-6(12)4(9(13,14)15)1-7(5)17-8(16)3-11/h1-2H,3H2,(H2,16,17). The minimum absolute atomic E-state index is 0.0629. The molecule has 0 heterocycles. The van der Waals surface area contributed by atoms with Crippen molar-refractivity contribution in [2.75, 3.05) is 5.88 Å². The lowest BCUT2D eigenvalue weighted by molar-refractivity contribution is -0.139. The van der Waals surface area contributed by atoms with Gasteiger partial charge in [0.05, 0.1) is 17.1 Å². The first-order valence-electron chi connectivity index (χ1n) is 4.21. The molecule has 0 aliphatic rings. The van der Waals surface area contributed by atoms with Crippen LogP contribution >= 0.6 is 27.5 Å². The molecule has 0 spiro atoms. The van der Waals surface area contributed by atoms with Gasteiger partial charge in [-0.25, -0.2) is 9.38 Å². The number of hydrogen-bond donors (Lipinski definition) is 1. The molecule has 8 heteroatoms. The van der Waals surface area contributed by atoms with E-state index in [0.717, 1.165) is 0 Å². The third-order valence-electron chi connectivity index (χ3n) is 1.74. The molecule has 17 heavy (non-hydrogen) atoms. The third kappa shape index (κ3) is 3.57. The van der Waals surface area contributed by atoms with Crippen molar-refractivity contribution in [3.05, 3.63) is 28.0 Å². The van der Waals surface area contributed by atoms with Crippen molar-refractivity contribution in [1.82, 2.24) is 0 Å². The second-order valence-electron chi connectivity index (χ2n) is 3.02. The van der Waals surface area contributed by atoms with Crippen LogP contribution in [0.2, 0.25) is 0 Å². The Morgan fingerprint density at radius 3 is 2.47 bits per heavy atom. The fourth-order valence-electron chi connectivity index (χ4n) is 1.03. The van der Waals surface area contributed by atoms with Gasteiger partial charge in [0.2, 0.25) is 0 Å². The van der Waals surface area contributed by atoms with E-state index in [1.807, 2.05) is 0 Å². The van der Waals surface area contributed by atoms with Gasteiger partial charge in [-0.05, 0) is 28.1 Å². The monoisotopic (exact) mass is 332 g/mol. The average molecular weight is 334 g/mol. The lowest BCUT2D eigenvalue weighted by atomic mass is 10.2. The number of benzene rings is 1. The number of halogens is 6. The number of alkyl halides is 4. The number of hydrogen-bond acceptors (Lipinski definition) is 1. The Kier molecular flexibility index (Phi) is 4.37. The van der Waals surface area contributed by atoms with Gasteiger partial charge in [-0.15, -0.1) is 11.6 Å². The number of nitrogens with zero attached hydrogens (tertiary/aromatic N) is 1. The second kappa shape index (κ2) is 5.22. The summed E-state index contributed by atoms with van der Waals surface area (Å²) in [5.74, 6) is -1.58. The molecule has 0 atom stereocenters. The van der Waals surface area contributed by atoms with E-state index in [9.17, 15) is 17.6 Å². The van der Waals surface area contributed by atoms with Gasteiger partial charge in [-0.2, -0.15) is 13.2 Å². The SMILES string of the molecule is NC(CCl)=Nc1cc(C(F)(F)F)c(F)cc1Br. The van der Waals surface area contributed by atoms with Gasteiger partial charge in [-0.1, -0.05) is 0 Å². The molecule has 94 valence electrons. The minimum atomic E-state index is -4.79. The Balaban J connectivity index is 3.34. The van der Waals surface area contributed by atoms with Crippen LogP contribution in [0.5, 0.6) is 0 Å². The van der Waals surface area contributed by atoms with Gasteiger partial charge in [-0.3, -0.25) is 0 Å². The molecule has 0 bridgehead atoms. The summed E-state index contributed by atoms with van der Waals surface area (Å²) in [6.45, 7) is 0. The molecule has 0 saturated carbocycles. The van der Waals surface area contributed by atoms with Gasteiger partial charge in [0.25, 0.3) is 0 Å². The van der Waals surface area contributed by atoms with Gasteiger partial charge in [0, 0.05) is 4.47 Å². The van der Waals surface area contributed by atoms with E-state index in [-0.39, 0.29) is 21.9 Å². The smallest absolute Gasteiger partial charge is 0.386 e. The van der Waals surface area contributed by atoms with Gasteiger partial charge in [0.1, 0.15) is 11.7 Å². The van der Waals surface area contributed by atoms with Crippen LogP contribution in [0.1, 0.15) is 5.56 Å². The van der Waals surface area contributed by atoms with Gasteiger partial charge >= 0.3 is 6.18 Å². The first-order valence-corrected chi connectivity index (χ1v) is 5.53. The Morgan fingerprint density at radius 2 is 2.00 bits per heavy atom. The molecule has 0 aliphatic carbocycles. The fraction of sp³-hybridized carbons (Fsp3) is 0.222. The van der Waals surface area contributed by atoms with Crippen molar-refractivity contribution in [1.29, 1.82) is 0 Å². The molecule has 0 saturated heterocycles. The van der Waals surface area contributed by atoms with Crippen molar-refractivity contribution in [2.24, 2.45) is 10.7 Å². The predicted octanol–water partition coefficient (Wildman–Crippen LogP) is 3.83. The van der Waals surface area contributed by atoms with Crippen LogP contribution in [0.4, 0.5) is 23.2 Å². The highest BCUT2D eigenvalue weighted by Gasteiger charge is 2.34. The second-order valence-corrected chi connectivity index (χ2v) is 4.14. The lowest BCUT2D eigenvalue weighted by Gasteiger charge is -2.10.